The van der Waals surface area contributed by atoms with E-state index in [2.05, 4.69) is 0 Å². The first-order valence-electron chi connectivity index (χ1n) is 5.19. The molecule has 0 atom stereocenters. The van der Waals surface area contributed by atoms with Crippen LogP contribution in [0.2, 0.25) is 10.0 Å². The van der Waals surface area contributed by atoms with Gasteiger partial charge in [0, 0.05) is 0 Å². The fourth-order valence-corrected chi connectivity index (χ4v) is 1.69. The van der Waals surface area contributed by atoms with Gasteiger partial charge in [0.05, 0.1) is 15.6 Å². The molecule has 2 nitrogen and oxygen atoms in total. The van der Waals surface area contributed by atoms with Crippen molar-refractivity contribution in [2.24, 2.45) is 0 Å². The molecule has 0 aromatic heterocycles. The first-order chi connectivity index (χ1) is 9.51. The van der Waals surface area contributed by atoms with Gasteiger partial charge in [-0.05, 0) is 24.3 Å². The lowest BCUT2D eigenvalue weighted by atomic mass is 10.2. The standard InChI is InChI=1S/C7H3Cl2N.C7H3F2N/c2*8-6-2-1-3-7(9)5(6)4-10/h2*1-3H. The molecule has 0 aliphatic heterocycles. The zero-order valence-corrected chi connectivity index (χ0v) is 11.4. The zero-order valence-electron chi connectivity index (χ0n) is 9.87. The van der Waals surface area contributed by atoms with Crippen molar-refractivity contribution in [2.45, 2.75) is 0 Å². The molecule has 2 aromatic rings. The molecule has 0 aliphatic rings. The van der Waals surface area contributed by atoms with Crippen LogP contribution in [0.1, 0.15) is 11.1 Å². The average Bonchev–Trinajstić information content (AvgIpc) is 2.40. The summed E-state index contributed by atoms with van der Waals surface area (Å²) >= 11 is 11.2. The average molecular weight is 311 g/mol. The second-order valence-electron chi connectivity index (χ2n) is 3.42. The van der Waals surface area contributed by atoms with E-state index < -0.39 is 17.2 Å². The summed E-state index contributed by atoms with van der Waals surface area (Å²) < 4.78 is 24.8. The van der Waals surface area contributed by atoms with Gasteiger partial charge in [-0.2, -0.15) is 10.5 Å². The highest BCUT2D eigenvalue weighted by Crippen LogP contribution is 2.22. The molecule has 6 heteroatoms. The number of hydrogen-bond acceptors (Lipinski definition) is 2. The Hall–Kier alpha value is -2.14. The number of halogens is 4. The van der Waals surface area contributed by atoms with Crippen LogP contribution >= 0.6 is 23.2 Å². The first-order valence-corrected chi connectivity index (χ1v) is 5.95. The number of benzene rings is 2. The molecule has 0 bridgehead atoms. The normalized spacial score (nSPS) is 8.90. The van der Waals surface area contributed by atoms with Gasteiger partial charge in [0.25, 0.3) is 0 Å². The summed E-state index contributed by atoms with van der Waals surface area (Å²) in [5, 5.41) is 17.4. The Morgan fingerprint density at radius 1 is 0.750 bits per heavy atom. The highest BCUT2D eigenvalue weighted by atomic mass is 35.5. The molecule has 0 heterocycles. The molecule has 0 unspecified atom stereocenters. The third-order valence-corrected chi connectivity index (χ3v) is 2.78. The Labute approximate surface area is 124 Å². The predicted molar refractivity (Wildman–Crippen MR) is 72.3 cm³/mol. The SMILES string of the molecule is N#Cc1c(Cl)cccc1Cl.N#Cc1c(F)cccc1F. The van der Waals surface area contributed by atoms with Crippen LogP contribution in [0.15, 0.2) is 36.4 Å². The van der Waals surface area contributed by atoms with E-state index in [0.717, 1.165) is 12.1 Å². The minimum Gasteiger partial charge on any atom is -0.205 e. The summed E-state index contributed by atoms with van der Waals surface area (Å²) in [6.45, 7) is 0. The van der Waals surface area contributed by atoms with Crippen molar-refractivity contribution in [1.29, 1.82) is 10.5 Å². The lowest BCUT2D eigenvalue weighted by Crippen LogP contribution is -1.87. The fraction of sp³-hybridized carbons (Fsp3) is 0. The summed E-state index contributed by atoms with van der Waals surface area (Å²) in [6.07, 6.45) is 0. The maximum atomic E-state index is 12.4. The van der Waals surface area contributed by atoms with Crippen molar-refractivity contribution >= 4 is 23.2 Å². The van der Waals surface area contributed by atoms with E-state index in [1.54, 1.807) is 18.2 Å². The minimum absolute atomic E-state index is 0.339. The summed E-state index contributed by atoms with van der Waals surface area (Å²) in [5.41, 5.74) is -0.187. The highest BCUT2D eigenvalue weighted by molar-refractivity contribution is 6.36. The van der Waals surface area contributed by atoms with Gasteiger partial charge in [0.1, 0.15) is 29.3 Å². The molecule has 0 N–H and O–H groups in total. The summed E-state index contributed by atoms with van der Waals surface area (Å²) in [7, 11) is 0. The molecule has 0 aliphatic carbocycles. The predicted octanol–water partition coefficient (Wildman–Crippen LogP) is 4.70. The van der Waals surface area contributed by atoms with Crippen LogP contribution < -0.4 is 0 Å². The maximum absolute atomic E-state index is 12.4. The Bertz CT molecular complexity index is 601. The molecule has 100 valence electrons. The molecule has 0 saturated heterocycles. The number of rotatable bonds is 0. The van der Waals surface area contributed by atoms with Gasteiger partial charge in [0.15, 0.2) is 0 Å². The number of nitrogens with zero attached hydrogens (tertiary/aromatic N) is 2. The smallest absolute Gasteiger partial charge is 0.143 e. The molecule has 0 spiro atoms. The van der Waals surface area contributed by atoms with E-state index in [1.165, 1.54) is 12.1 Å². The Morgan fingerprint density at radius 2 is 1.15 bits per heavy atom. The van der Waals surface area contributed by atoms with Gasteiger partial charge in [-0.15, -0.1) is 0 Å². The highest BCUT2D eigenvalue weighted by Gasteiger charge is 2.05. The zero-order chi connectivity index (χ0) is 15.1. The molecule has 0 radical (unpaired) electrons. The molecule has 0 saturated carbocycles. The Morgan fingerprint density at radius 3 is 1.45 bits per heavy atom. The first kappa shape index (κ1) is 15.9. The van der Waals surface area contributed by atoms with Crippen molar-refractivity contribution in [1.82, 2.24) is 0 Å². The molecule has 20 heavy (non-hydrogen) atoms. The van der Waals surface area contributed by atoms with E-state index in [1.807, 2.05) is 6.07 Å². The van der Waals surface area contributed by atoms with Crippen LogP contribution in [0.5, 0.6) is 0 Å². The Balaban J connectivity index is 0.000000200. The topological polar surface area (TPSA) is 47.6 Å². The van der Waals surface area contributed by atoms with Crippen LogP contribution in [0.4, 0.5) is 8.78 Å². The molecule has 0 fully saturated rings. The lowest BCUT2D eigenvalue weighted by Gasteiger charge is -1.94. The second-order valence-corrected chi connectivity index (χ2v) is 4.23. The van der Waals surface area contributed by atoms with Crippen LogP contribution in [0.3, 0.4) is 0 Å². The number of nitriles is 2. The van der Waals surface area contributed by atoms with Gasteiger partial charge in [-0.25, -0.2) is 8.78 Å². The summed E-state index contributed by atoms with van der Waals surface area (Å²) in [6, 6.07) is 11.6. The molecule has 0 amide bonds. The van der Waals surface area contributed by atoms with E-state index >= 15 is 0 Å². The van der Waals surface area contributed by atoms with Crippen molar-refractivity contribution in [3.8, 4) is 12.1 Å². The van der Waals surface area contributed by atoms with Gasteiger partial charge < -0.3 is 0 Å². The molecule has 2 rings (SSSR count). The minimum atomic E-state index is -0.817. The van der Waals surface area contributed by atoms with Crippen molar-refractivity contribution in [2.75, 3.05) is 0 Å². The van der Waals surface area contributed by atoms with E-state index in [0.29, 0.717) is 15.6 Å². The van der Waals surface area contributed by atoms with Crippen LogP contribution in [-0.4, -0.2) is 0 Å². The maximum Gasteiger partial charge on any atom is 0.143 e. The third-order valence-electron chi connectivity index (χ3n) is 2.15. The van der Waals surface area contributed by atoms with Crippen molar-refractivity contribution in [3.63, 3.8) is 0 Å². The van der Waals surface area contributed by atoms with Crippen LogP contribution in [0, 0.1) is 34.3 Å². The second kappa shape index (κ2) is 7.45. The van der Waals surface area contributed by atoms with E-state index in [9.17, 15) is 8.78 Å². The van der Waals surface area contributed by atoms with Crippen LogP contribution in [-0.2, 0) is 0 Å². The van der Waals surface area contributed by atoms with Gasteiger partial charge in [0.2, 0.25) is 0 Å². The monoisotopic (exact) mass is 310 g/mol. The van der Waals surface area contributed by atoms with Gasteiger partial charge in [-0.1, -0.05) is 35.3 Å². The quantitative estimate of drug-likeness (QED) is 0.708. The van der Waals surface area contributed by atoms with E-state index in [4.69, 9.17) is 33.7 Å². The van der Waals surface area contributed by atoms with Gasteiger partial charge in [-0.3, -0.25) is 0 Å². The van der Waals surface area contributed by atoms with Crippen molar-refractivity contribution < 1.29 is 8.78 Å². The fourth-order valence-electron chi connectivity index (χ4n) is 1.21. The summed E-state index contributed by atoms with van der Waals surface area (Å²) in [5.74, 6) is -1.63. The molecular weight excluding hydrogens is 305 g/mol. The van der Waals surface area contributed by atoms with Crippen LogP contribution in [0.25, 0.3) is 0 Å². The number of hydrogen-bond donors (Lipinski definition) is 0. The third kappa shape index (κ3) is 3.93. The molecule has 2 aromatic carbocycles. The Kier molecular flexibility index (Phi) is 5.93. The lowest BCUT2D eigenvalue weighted by molar-refractivity contribution is 0.577. The van der Waals surface area contributed by atoms with E-state index in [-0.39, 0.29) is 0 Å². The molecular formula is C14H6Cl2F2N2. The summed E-state index contributed by atoms with van der Waals surface area (Å²) in [4.78, 5) is 0. The van der Waals surface area contributed by atoms with Gasteiger partial charge >= 0.3 is 0 Å². The largest absolute Gasteiger partial charge is 0.205 e. The van der Waals surface area contributed by atoms with Crippen molar-refractivity contribution in [3.05, 3.63) is 69.2 Å².